The molecule has 0 spiro atoms. The fraction of sp³-hybridized carbons (Fsp3) is 0.400. The maximum atomic E-state index is 11.7. The van der Waals surface area contributed by atoms with Crippen molar-refractivity contribution >= 4 is 5.91 Å². The van der Waals surface area contributed by atoms with Crippen molar-refractivity contribution in [3.8, 4) is 5.75 Å². The number of benzene rings is 1. The number of amides is 1. The number of aliphatic hydroxyl groups is 1. The number of rotatable bonds is 7. The number of aliphatic hydroxyl groups excluding tert-OH is 1. The molecule has 2 N–H and O–H groups in total. The molecular formula is C15H21NO3. The lowest BCUT2D eigenvalue weighted by Gasteiger charge is -2.18. The highest BCUT2D eigenvalue weighted by Gasteiger charge is 2.17. The second-order valence-corrected chi connectivity index (χ2v) is 4.26. The summed E-state index contributed by atoms with van der Waals surface area (Å²) < 4.78 is 5.62. The quantitative estimate of drug-likeness (QED) is 0.741. The van der Waals surface area contributed by atoms with Crippen LogP contribution >= 0.6 is 0 Å². The fourth-order valence-electron chi connectivity index (χ4n) is 1.64. The van der Waals surface area contributed by atoms with Crippen molar-refractivity contribution in [1.29, 1.82) is 0 Å². The molecule has 1 aromatic rings. The molecule has 104 valence electrons. The van der Waals surface area contributed by atoms with E-state index in [1.807, 2.05) is 19.1 Å². The number of nitrogens with one attached hydrogen (secondary N) is 1. The standard InChI is InChI=1S/C15H21NO3/c1-4-10-16-15(18)11(3)19-14-9-7-6-8-12(14)13(17)5-2/h4,6-9,11,13,17H,1,5,10H2,2-3H3,(H,16,18). The molecule has 1 rings (SSSR count). The Bertz CT molecular complexity index is 431. The minimum atomic E-state index is -0.620. The second-order valence-electron chi connectivity index (χ2n) is 4.26. The molecule has 0 radical (unpaired) electrons. The zero-order valence-electron chi connectivity index (χ0n) is 11.4. The number of para-hydroxylation sites is 1. The molecule has 0 fully saturated rings. The van der Waals surface area contributed by atoms with E-state index in [1.165, 1.54) is 0 Å². The van der Waals surface area contributed by atoms with Crippen LogP contribution in [0.25, 0.3) is 0 Å². The molecule has 1 aromatic carbocycles. The molecular weight excluding hydrogens is 242 g/mol. The van der Waals surface area contributed by atoms with Crippen molar-refractivity contribution < 1.29 is 14.6 Å². The maximum Gasteiger partial charge on any atom is 0.261 e. The van der Waals surface area contributed by atoms with Gasteiger partial charge in [-0.3, -0.25) is 4.79 Å². The van der Waals surface area contributed by atoms with Crippen LogP contribution in [-0.2, 0) is 4.79 Å². The maximum absolute atomic E-state index is 11.7. The van der Waals surface area contributed by atoms with Crippen molar-refractivity contribution in [2.75, 3.05) is 6.54 Å². The summed E-state index contributed by atoms with van der Waals surface area (Å²) in [6.45, 7) is 7.51. The number of carbonyl (C=O) groups is 1. The molecule has 0 bridgehead atoms. The van der Waals surface area contributed by atoms with Crippen LogP contribution in [0, 0.1) is 0 Å². The van der Waals surface area contributed by atoms with E-state index in [0.29, 0.717) is 24.3 Å². The third-order valence-corrected chi connectivity index (χ3v) is 2.76. The summed E-state index contributed by atoms with van der Waals surface area (Å²) in [7, 11) is 0. The molecule has 0 aliphatic heterocycles. The first-order valence-corrected chi connectivity index (χ1v) is 6.42. The van der Waals surface area contributed by atoms with E-state index in [-0.39, 0.29) is 5.91 Å². The predicted octanol–water partition coefficient (Wildman–Crippen LogP) is 2.20. The van der Waals surface area contributed by atoms with E-state index in [9.17, 15) is 9.90 Å². The smallest absolute Gasteiger partial charge is 0.261 e. The van der Waals surface area contributed by atoms with Gasteiger partial charge in [0.2, 0.25) is 0 Å². The van der Waals surface area contributed by atoms with E-state index in [1.54, 1.807) is 25.1 Å². The fourth-order valence-corrected chi connectivity index (χ4v) is 1.64. The van der Waals surface area contributed by atoms with Crippen LogP contribution in [0.2, 0.25) is 0 Å². The minimum absolute atomic E-state index is 0.208. The lowest BCUT2D eigenvalue weighted by molar-refractivity contribution is -0.127. The molecule has 0 aromatic heterocycles. The summed E-state index contributed by atoms with van der Waals surface area (Å²) in [4.78, 5) is 11.7. The van der Waals surface area contributed by atoms with Crippen molar-refractivity contribution in [1.82, 2.24) is 5.32 Å². The predicted molar refractivity (Wildman–Crippen MR) is 75.0 cm³/mol. The molecule has 0 heterocycles. The van der Waals surface area contributed by atoms with Crippen LogP contribution in [-0.4, -0.2) is 23.7 Å². The van der Waals surface area contributed by atoms with Gasteiger partial charge in [-0.05, 0) is 19.4 Å². The van der Waals surface area contributed by atoms with Crippen LogP contribution < -0.4 is 10.1 Å². The Hall–Kier alpha value is -1.81. The SMILES string of the molecule is C=CCNC(=O)C(C)Oc1ccccc1C(O)CC. The highest BCUT2D eigenvalue weighted by molar-refractivity contribution is 5.80. The van der Waals surface area contributed by atoms with Gasteiger partial charge in [0, 0.05) is 12.1 Å². The molecule has 0 aliphatic rings. The monoisotopic (exact) mass is 263 g/mol. The van der Waals surface area contributed by atoms with Gasteiger partial charge in [-0.1, -0.05) is 31.2 Å². The molecule has 2 unspecified atom stereocenters. The van der Waals surface area contributed by atoms with E-state index >= 15 is 0 Å². The van der Waals surface area contributed by atoms with Gasteiger partial charge >= 0.3 is 0 Å². The van der Waals surface area contributed by atoms with Crippen LogP contribution in [0.4, 0.5) is 0 Å². The normalized spacial score (nSPS) is 13.4. The van der Waals surface area contributed by atoms with Gasteiger partial charge in [-0.25, -0.2) is 0 Å². The summed E-state index contributed by atoms with van der Waals surface area (Å²) in [6.07, 6.45) is 1.00. The zero-order valence-corrected chi connectivity index (χ0v) is 11.4. The molecule has 0 saturated heterocycles. The Morgan fingerprint density at radius 1 is 1.53 bits per heavy atom. The summed E-state index contributed by atoms with van der Waals surface area (Å²) in [5, 5.41) is 12.6. The Labute approximate surface area is 114 Å². The largest absolute Gasteiger partial charge is 0.481 e. The first kappa shape index (κ1) is 15.2. The first-order chi connectivity index (χ1) is 9.10. The van der Waals surface area contributed by atoms with E-state index in [4.69, 9.17) is 4.74 Å². The summed E-state index contributed by atoms with van der Waals surface area (Å²) in [5.41, 5.74) is 0.702. The molecule has 1 amide bonds. The van der Waals surface area contributed by atoms with Gasteiger partial charge in [0.05, 0.1) is 6.10 Å². The van der Waals surface area contributed by atoms with Gasteiger partial charge in [0.1, 0.15) is 5.75 Å². The van der Waals surface area contributed by atoms with Crippen molar-refractivity contribution in [2.24, 2.45) is 0 Å². The van der Waals surface area contributed by atoms with Crippen molar-refractivity contribution in [3.05, 3.63) is 42.5 Å². The summed E-state index contributed by atoms with van der Waals surface area (Å²) >= 11 is 0. The van der Waals surface area contributed by atoms with Gasteiger partial charge in [-0.15, -0.1) is 6.58 Å². The molecule has 19 heavy (non-hydrogen) atoms. The number of hydrogen-bond donors (Lipinski definition) is 2. The molecule has 4 nitrogen and oxygen atoms in total. The van der Waals surface area contributed by atoms with Crippen LogP contribution in [0.5, 0.6) is 5.75 Å². The van der Waals surface area contributed by atoms with Gasteiger partial charge in [0.15, 0.2) is 6.10 Å². The highest BCUT2D eigenvalue weighted by atomic mass is 16.5. The van der Waals surface area contributed by atoms with Gasteiger partial charge < -0.3 is 15.2 Å². The number of hydrogen-bond acceptors (Lipinski definition) is 3. The molecule has 4 heteroatoms. The molecule has 2 atom stereocenters. The zero-order chi connectivity index (χ0) is 14.3. The number of ether oxygens (including phenoxy) is 1. The lowest BCUT2D eigenvalue weighted by atomic mass is 10.1. The topological polar surface area (TPSA) is 58.6 Å². The molecule has 0 aliphatic carbocycles. The second kappa shape index (κ2) is 7.59. The van der Waals surface area contributed by atoms with Crippen molar-refractivity contribution in [2.45, 2.75) is 32.5 Å². The molecule has 0 saturated carbocycles. The number of carbonyl (C=O) groups excluding carboxylic acids is 1. The minimum Gasteiger partial charge on any atom is -0.481 e. The Kier molecular flexibility index (Phi) is 6.09. The Morgan fingerprint density at radius 2 is 2.21 bits per heavy atom. The van der Waals surface area contributed by atoms with Crippen molar-refractivity contribution in [3.63, 3.8) is 0 Å². The van der Waals surface area contributed by atoms with E-state index in [0.717, 1.165) is 0 Å². The van der Waals surface area contributed by atoms with E-state index in [2.05, 4.69) is 11.9 Å². The van der Waals surface area contributed by atoms with Gasteiger partial charge in [-0.2, -0.15) is 0 Å². The Balaban J connectivity index is 2.76. The summed E-state index contributed by atoms with van der Waals surface area (Å²) in [5.74, 6) is 0.332. The van der Waals surface area contributed by atoms with Crippen LogP contribution in [0.1, 0.15) is 31.9 Å². The highest BCUT2D eigenvalue weighted by Crippen LogP contribution is 2.27. The third kappa shape index (κ3) is 4.41. The third-order valence-electron chi connectivity index (χ3n) is 2.76. The first-order valence-electron chi connectivity index (χ1n) is 6.42. The van der Waals surface area contributed by atoms with Crippen LogP contribution in [0.3, 0.4) is 0 Å². The van der Waals surface area contributed by atoms with Gasteiger partial charge in [0.25, 0.3) is 5.91 Å². The van der Waals surface area contributed by atoms with Crippen LogP contribution in [0.15, 0.2) is 36.9 Å². The average Bonchev–Trinajstić information content (AvgIpc) is 2.44. The Morgan fingerprint density at radius 3 is 2.84 bits per heavy atom. The average molecular weight is 263 g/mol. The lowest BCUT2D eigenvalue weighted by Crippen LogP contribution is -2.36. The summed E-state index contributed by atoms with van der Waals surface area (Å²) in [6, 6.07) is 7.21. The van der Waals surface area contributed by atoms with E-state index < -0.39 is 12.2 Å².